The van der Waals surface area contributed by atoms with Crippen molar-refractivity contribution in [3.05, 3.63) is 40.0 Å². The molecule has 0 amide bonds. The predicted octanol–water partition coefficient (Wildman–Crippen LogP) is 3.71. The molecule has 5 heteroatoms. The Kier molecular flexibility index (Phi) is 4.10. The number of benzene rings is 1. The van der Waals surface area contributed by atoms with Gasteiger partial charge in [-0.3, -0.25) is 0 Å². The van der Waals surface area contributed by atoms with Gasteiger partial charge in [0.25, 0.3) is 0 Å². The van der Waals surface area contributed by atoms with Crippen molar-refractivity contribution in [2.75, 3.05) is 6.54 Å². The van der Waals surface area contributed by atoms with Crippen LogP contribution in [0.2, 0.25) is 5.02 Å². The first kappa shape index (κ1) is 12.5. The zero-order valence-electron chi connectivity index (χ0n) is 9.34. The van der Waals surface area contributed by atoms with Crippen LogP contribution in [-0.4, -0.2) is 10.9 Å². The number of rotatable bonds is 4. The van der Waals surface area contributed by atoms with Gasteiger partial charge in [0.05, 0.1) is 16.3 Å². The smallest absolute Gasteiger partial charge is 0.134 e. The molecule has 90 valence electrons. The maximum absolute atomic E-state index is 13.7. The highest BCUT2D eigenvalue weighted by molar-refractivity contribution is 7.06. The molecule has 0 saturated carbocycles. The number of halogens is 2. The monoisotopic (exact) mass is 270 g/mol. The van der Waals surface area contributed by atoms with Crippen LogP contribution < -0.4 is 5.32 Å². The Balaban J connectivity index is 2.30. The van der Waals surface area contributed by atoms with Crippen LogP contribution in [0.25, 0.3) is 11.3 Å². The van der Waals surface area contributed by atoms with Crippen molar-refractivity contribution in [2.45, 2.75) is 13.5 Å². The second-order valence-corrected chi connectivity index (χ2v) is 4.85. The van der Waals surface area contributed by atoms with Gasteiger partial charge in [0.2, 0.25) is 0 Å². The van der Waals surface area contributed by atoms with Crippen LogP contribution >= 0.6 is 23.1 Å². The van der Waals surface area contributed by atoms with E-state index in [1.165, 1.54) is 17.6 Å². The molecule has 0 aliphatic carbocycles. The van der Waals surface area contributed by atoms with E-state index in [-0.39, 0.29) is 5.82 Å². The van der Waals surface area contributed by atoms with E-state index >= 15 is 0 Å². The van der Waals surface area contributed by atoms with Gasteiger partial charge in [-0.25, -0.2) is 4.39 Å². The molecule has 0 aliphatic rings. The van der Waals surface area contributed by atoms with Crippen LogP contribution in [0.3, 0.4) is 0 Å². The van der Waals surface area contributed by atoms with Crippen molar-refractivity contribution >= 4 is 23.1 Å². The molecule has 1 aromatic heterocycles. The van der Waals surface area contributed by atoms with Crippen LogP contribution in [0.1, 0.15) is 11.8 Å². The lowest BCUT2D eigenvalue weighted by Crippen LogP contribution is -2.10. The third-order valence-electron chi connectivity index (χ3n) is 2.33. The fraction of sp³-hybridized carbons (Fsp3) is 0.250. The van der Waals surface area contributed by atoms with Crippen LogP contribution in [0.15, 0.2) is 24.3 Å². The minimum atomic E-state index is -0.335. The number of hydrogen-bond donors (Lipinski definition) is 1. The Morgan fingerprint density at radius 2 is 2.29 bits per heavy atom. The molecule has 0 fully saturated rings. The molecule has 0 radical (unpaired) electrons. The molecule has 0 spiro atoms. The van der Waals surface area contributed by atoms with Gasteiger partial charge in [-0.1, -0.05) is 24.6 Å². The Hall–Kier alpha value is -0.970. The standard InChI is InChI=1S/C12H12ClFN2S/c1-2-15-7-8-6-11(16-17-8)12-9(13)4-3-5-10(12)14/h3-6,15H,2,7H2,1H3. The molecule has 17 heavy (non-hydrogen) atoms. The second kappa shape index (κ2) is 5.58. The summed E-state index contributed by atoms with van der Waals surface area (Å²) < 4.78 is 17.9. The van der Waals surface area contributed by atoms with Gasteiger partial charge in [-0.15, -0.1) is 0 Å². The summed E-state index contributed by atoms with van der Waals surface area (Å²) in [6.45, 7) is 3.68. The Bertz CT molecular complexity index is 493. The minimum Gasteiger partial charge on any atom is -0.312 e. The van der Waals surface area contributed by atoms with E-state index in [1.54, 1.807) is 12.1 Å². The highest BCUT2D eigenvalue weighted by Crippen LogP contribution is 2.31. The van der Waals surface area contributed by atoms with Gasteiger partial charge in [0.15, 0.2) is 0 Å². The third kappa shape index (κ3) is 2.83. The summed E-state index contributed by atoms with van der Waals surface area (Å²) in [5.74, 6) is -0.335. The van der Waals surface area contributed by atoms with Crippen molar-refractivity contribution in [3.8, 4) is 11.3 Å². The van der Waals surface area contributed by atoms with Crippen molar-refractivity contribution in [2.24, 2.45) is 0 Å². The molecular weight excluding hydrogens is 259 g/mol. The number of hydrogen-bond acceptors (Lipinski definition) is 3. The van der Waals surface area contributed by atoms with Crippen LogP contribution in [0.5, 0.6) is 0 Å². The van der Waals surface area contributed by atoms with E-state index in [9.17, 15) is 4.39 Å². The summed E-state index contributed by atoms with van der Waals surface area (Å²) in [7, 11) is 0. The van der Waals surface area contributed by atoms with Crippen molar-refractivity contribution in [1.82, 2.24) is 9.69 Å². The lowest BCUT2D eigenvalue weighted by molar-refractivity contribution is 0.631. The van der Waals surface area contributed by atoms with Crippen LogP contribution in [0.4, 0.5) is 4.39 Å². The highest BCUT2D eigenvalue weighted by atomic mass is 35.5. The van der Waals surface area contributed by atoms with E-state index < -0.39 is 0 Å². The Labute approximate surface area is 109 Å². The molecule has 2 rings (SSSR count). The zero-order valence-corrected chi connectivity index (χ0v) is 10.9. The van der Waals surface area contributed by atoms with Crippen LogP contribution in [-0.2, 0) is 6.54 Å². The van der Waals surface area contributed by atoms with E-state index in [0.717, 1.165) is 18.0 Å². The molecule has 1 N–H and O–H groups in total. The first-order valence-electron chi connectivity index (χ1n) is 5.33. The lowest BCUT2D eigenvalue weighted by Gasteiger charge is -2.01. The Morgan fingerprint density at radius 3 is 3.00 bits per heavy atom. The van der Waals surface area contributed by atoms with E-state index in [2.05, 4.69) is 9.69 Å². The molecule has 2 aromatic rings. The van der Waals surface area contributed by atoms with E-state index in [1.807, 2.05) is 13.0 Å². The maximum Gasteiger partial charge on any atom is 0.134 e. The molecule has 0 aliphatic heterocycles. The van der Waals surface area contributed by atoms with Crippen LogP contribution in [0, 0.1) is 5.82 Å². The summed E-state index contributed by atoms with van der Waals surface area (Å²) in [5.41, 5.74) is 0.985. The second-order valence-electron chi connectivity index (χ2n) is 3.56. The molecule has 2 nitrogen and oxygen atoms in total. The van der Waals surface area contributed by atoms with Gasteiger partial charge in [-0.2, -0.15) is 4.37 Å². The predicted molar refractivity (Wildman–Crippen MR) is 69.9 cm³/mol. The molecule has 0 unspecified atom stereocenters. The summed E-state index contributed by atoms with van der Waals surface area (Å²) in [6.07, 6.45) is 0. The minimum absolute atomic E-state index is 0.335. The van der Waals surface area contributed by atoms with Gasteiger partial charge in [0.1, 0.15) is 5.82 Å². The molecule has 1 heterocycles. The fourth-order valence-electron chi connectivity index (χ4n) is 1.50. The largest absolute Gasteiger partial charge is 0.312 e. The summed E-state index contributed by atoms with van der Waals surface area (Å²) in [6, 6.07) is 6.53. The number of nitrogens with one attached hydrogen (secondary N) is 1. The van der Waals surface area contributed by atoms with Gasteiger partial charge < -0.3 is 5.32 Å². The van der Waals surface area contributed by atoms with E-state index in [0.29, 0.717) is 16.3 Å². The molecule has 0 bridgehead atoms. The normalized spacial score (nSPS) is 10.8. The van der Waals surface area contributed by atoms with E-state index in [4.69, 9.17) is 11.6 Å². The lowest BCUT2D eigenvalue weighted by atomic mass is 10.1. The van der Waals surface area contributed by atoms with Gasteiger partial charge >= 0.3 is 0 Å². The number of nitrogens with zero attached hydrogens (tertiary/aromatic N) is 1. The van der Waals surface area contributed by atoms with Gasteiger partial charge in [0, 0.05) is 11.4 Å². The number of aromatic nitrogens is 1. The topological polar surface area (TPSA) is 24.9 Å². The first-order valence-corrected chi connectivity index (χ1v) is 6.48. The van der Waals surface area contributed by atoms with Crippen molar-refractivity contribution < 1.29 is 4.39 Å². The average molecular weight is 271 g/mol. The Morgan fingerprint density at radius 1 is 1.47 bits per heavy atom. The quantitative estimate of drug-likeness (QED) is 0.916. The highest BCUT2D eigenvalue weighted by Gasteiger charge is 2.12. The molecule has 1 aromatic carbocycles. The van der Waals surface area contributed by atoms with Crippen molar-refractivity contribution in [3.63, 3.8) is 0 Å². The fourth-order valence-corrected chi connectivity index (χ4v) is 2.46. The molecule has 0 atom stereocenters. The SMILES string of the molecule is CCNCc1cc(-c2c(F)cccc2Cl)ns1. The zero-order chi connectivity index (χ0) is 12.3. The average Bonchev–Trinajstić information content (AvgIpc) is 2.75. The first-order chi connectivity index (χ1) is 8.22. The molecular formula is C12H12ClFN2S. The summed E-state index contributed by atoms with van der Waals surface area (Å²) in [4.78, 5) is 1.07. The summed E-state index contributed by atoms with van der Waals surface area (Å²) in [5, 5.41) is 3.60. The molecule has 0 saturated heterocycles. The third-order valence-corrected chi connectivity index (χ3v) is 3.43. The maximum atomic E-state index is 13.7. The summed E-state index contributed by atoms with van der Waals surface area (Å²) >= 11 is 7.35. The van der Waals surface area contributed by atoms with Gasteiger partial charge in [-0.05, 0) is 36.3 Å². The van der Waals surface area contributed by atoms with Crippen molar-refractivity contribution in [1.29, 1.82) is 0 Å².